The number of aromatic hydroxyl groups is 1. The van der Waals surface area contributed by atoms with Gasteiger partial charge in [0, 0.05) is 38.4 Å². The van der Waals surface area contributed by atoms with Crippen LogP contribution in [0.25, 0.3) is 39.0 Å². The van der Waals surface area contributed by atoms with Gasteiger partial charge in [0.05, 0.1) is 16.6 Å². The second-order valence-corrected chi connectivity index (χ2v) is 7.33. The van der Waals surface area contributed by atoms with Crippen molar-refractivity contribution in [1.29, 1.82) is 0 Å². The van der Waals surface area contributed by atoms with Gasteiger partial charge in [-0.15, -0.1) is 23.8 Å². The third-order valence-electron chi connectivity index (χ3n) is 5.23. The molecule has 0 aliphatic heterocycles. The van der Waals surface area contributed by atoms with Gasteiger partial charge in [-0.25, -0.2) is 4.57 Å². The van der Waals surface area contributed by atoms with Gasteiger partial charge in [0.1, 0.15) is 0 Å². The van der Waals surface area contributed by atoms with Gasteiger partial charge in [-0.3, -0.25) is 0 Å². The number of fused-ring (bicyclic) bond motifs is 2. The van der Waals surface area contributed by atoms with Crippen molar-refractivity contribution in [2.45, 2.75) is 0 Å². The molecule has 34 heavy (non-hydrogen) atoms. The van der Waals surface area contributed by atoms with Crippen molar-refractivity contribution >= 4 is 21.9 Å². The van der Waals surface area contributed by atoms with Gasteiger partial charge in [-0.1, -0.05) is 42.5 Å². The van der Waals surface area contributed by atoms with Crippen LogP contribution in [0.1, 0.15) is 0 Å². The molecule has 3 heterocycles. The van der Waals surface area contributed by atoms with Crippen LogP contribution in [-0.2, 0) is 21.1 Å². The molecule has 6 aromatic rings. The molecule has 3 aromatic carbocycles. The van der Waals surface area contributed by atoms with Crippen LogP contribution >= 0.6 is 0 Å². The van der Waals surface area contributed by atoms with E-state index < -0.39 is 0 Å². The summed E-state index contributed by atoms with van der Waals surface area (Å²) in [5, 5.41) is 11.4. The minimum Gasteiger partial charge on any atom is -0.480 e. The van der Waals surface area contributed by atoms with Gasteiger partial charge in [0.2, 0.25) is 0 Å². The van der Waals surface area contributed by atoms with Crippen LogP contribution in [0.4, 0.5) is 0 Å². The molecule has 0 saturated carbocycles. The zero-order valence-electron chi connectivity index (χ0n) is 17.6. The van der Waals surface area contributed by atoms with E-state index in [4.69, 9.17) is 4.74 Å². The quantitative estimate of drug-likeness (QED) is 0.267. The fourth-order valence-electron chi connectivity index (χ4n) is 3.75. The third-order valence-corrected chi connectivity index (χ3v) is 5.23. The third kappa shape index (κ3) is 3.91. The molecule has 6 rings (SSSR count). The van der Waals surface area contributed by atoms with Crippen molar-refractivity contribution in [3.05, 3.63) is 97.2 Å². The Morgan fingerprint density at radius 2 is 1.56 bits per heavy atom. The minimum absolute atomic E-state index is 0. The molecule has 0 atom stereocenters. The van der Waals surface area contributed by atoms with Crippen LogP contribution < -0.4 is 4.74 Å². The fraction of sp³-hybridized carbons (Fsp3) is 0. The Morgan fingerprint density at radius 3 is 2.41 bits per heavy atom. The van der Waals surface area contributed by atoms with E-state index in [1.807, 2.05) is 78.9 Å². The van der Waals surface area contributed by atoms with E-state index in [1.54, 1.807) is 16.8 Å². The predicted molar refractivity (Wildman–Crippen MR) is 124 cm³/mol. The van der Waals surface area contributed by atoms with E-state index in [0.29, 0.717) is 22.6 Å². The number of benzene rings is 3. The van der Waals surface area contributed by atoms with Crippen molar-refractivity contribution < 1.29 is 30.9 Å². The average molecular weight is 626 g/mol. The standard InChI is InChI=1S/C26H16N5O2.Pt/c32-26-29-22-13-3-4-14-23(22)31(26)24-19-10-1-2-12-21(19)28-25(30-24)33-18-9-7-8-17(16-18)20-11-5-6-15-27-20;/h1-15H,(H,29,32);/q-1;. The Labute approximate surface area is 209 Å². The summed E-state index contributed by atoms with van der Waals surface area (Å²) in [5.74, 6) is 0.932. The van der Waals surface area contributed by atoms with Crippen LogP contribution in [-0.4, -0.2) is 29.6 Å². The predicted octanol–water partition coefficient (Wildman–Crippen LogP) is 5.33. The van der Waals surface area contributed by atoms with E-state index in [0.717, 1.165) is 22.2 Å². The van der Waals surface area contributed by atoms with E-state index >= 15 is 0 Å². The van der Waals surface area contributed by atoms with Crippen LogP contribution in [0.5, 0.6) is 17.8 Å². The SMILES string of the molecule is Oc1nc2ccccc2n1-c1nc(Oc2[c-]c(-c3ccccn3)ccc2)nc2ccccc12.[Pt]. The first-order valence-corrected chi connectivity index (χ1v) is 10.3. The normalized spacial score (nSPS) is 10.8. The average Bonchev–Trinajstić information content (AvgIpc) is 3.20. The number of rotatable bonds is 4. The summed E-state index contributed by atoms with van der Waals surface area (Å²) in [5.41, 5.74) is 3.66. The van der Waals surface area contributed by atoms with Crippen molar-refractivity contribution in [1.82, 2.24) is 24.5 Å². The minimum atomic E-state index is -0.158. The van der Waals surface area contributed by atoms with E-state index in [2.05, 4.69) is 26.0 Å². The Bertz CT molecular complexity index is 1620. The molecule has 0 aliphatic carbocycles. The van der Waals surface area contributed by atoms with Crippen molar-refractivity contribution in [2.24, 2.45) is 0 Å². The van der Waals surface area contributed by atoms with Gasteiger partial charge >= 0.3 is 12.0 Å². The summed E-state index contributed by atoms with van der Waals surface area (Å²) in [6.07, 6.45) is 1.73. The van der Waals surface area contributed by atoms with Gasteiger partial charge in [-0.2, -0.15) is 15.0 Å². The summed E-state index contributed by atoms with van der Waals surface area (Å²) < 4.78 is 7.62. The number of para-hydroxylation sites is 3. The molecule has 0 radical (unpaired) electrons. The summed E-state index contributed by atoms with van der Waals surface area (Å²) in [6, 6.07) is 29.5. The zero-order valence-corrected chi connectivity index (χ0v) is 19.8. The smallest absolute Gasteiger partial charge is 0.322 e. The Hall–Kier alpha value is -4.09. The Balaban J connectivity index is 0.00000241. The molecule has 0 saturated heterocycles. The van der Waals surface area contributed by atoms with Crippen LogP contribution in [0.3, 0.4) is 0 Å². The maximum atomic E-state index is 10.6. The first kappa shape index (κ1) is 21.7. The van der Waals surface area contributed by atoms with Gasteiger partial charge in [-0.05, 0) is 36.0 Å². The van der Waals surface area contributed by atoms with E-state index in [-0.39, 0.29) is 33.1 Å². The number of ether oxygens (including phenoxy) is 1. The molecular weight excluding hydrogens is 609 g/mol. The van der Waals surface area contributed by atoms with E-state index in [9.17, 15) is 5.11 Å². The zero-order chi connectivity index (χ0) is 22.2. The molecule has 0 bridgehead atoms. The van der Waals surface area contributed by atoms with E-state index in [1.165, 1.54) is 0 Å². The van der Waals surface area contributed by atoms with Gasteiger partial charge in [0.15, 0.2) is 5.82 Å². The summed E-state index contributed by atoms with van der Waals surface area (Å²) in [6.45, 7) is 0. The summed E-state index contributed by atoms with van der Waals surface area (Å²) in [4.78, 5) is 17.8. The molecule has 0 amide bonds. The number of aromatic nitrogens is 5. The molecule has 3 aromatic heterocycles. The molecule has 0 spiro atoms. The monoisotopic (exact) mass is 625 g/mol. The summed E-state index contributed by atoms with van der Waals surface area (Å²) in [7, 11) is 0. The summed E-state index contributed by atoms with van der Waals surface area (Å²) >= 11 is 0. The van der Waals surface area contributed by atoms with Crippen LogP contribution in [0.15, 0.2) is 91.1 Å². The molecular formula is C26H16N5O2Pt-. The van der Waals surface area contributed by atoms with Crippen molar-refractivity contribution in [3.8, 4) is 34.8 Å². The second-order valence-electron chi connectivity index (χ2n) is 7.33. The molecule has 0 fully saturated rings. The van der Waals surface area contributed by atoms with Crippen LogP contribution in [0.2, 0.25) is 0 Å². The number of imidazole rings is 1. The molecule has 8 heteroatoms. The topological polar surface area (TPSA) is 86.0 Å². The number of pyridine rings is 1. The second kappa shape index (κ2) is 9.04. The molecule has 1 N–H and O–H groups in total. The van der Waals surface area contributed by atoms with Crippen molar-refractivity contribution in [3.63, 3.8) is 0 Å². The van der Waals surface area contributed by atoms with Gasteiger partial charge in [0.25, 0.3) is 0 Å². The maximum absolute atomic E-state index is 10.6. The first-order chi connectivity index (χ1) is 16.3. The molecule has 0 unspecified atom stereocenters. The molecule has 0 aliphatic rings. The Kier molecular flexibility index (Phi) is 5.78. The number of hydrogen-bond donors (Lipinski definition) is 1. The van der Waals surface area contributed by atoms with Crippen LogP contribution in [0, 0.1) is 6.07 Å². The molecule has 168 valence electrons. The molecule has 7 nitrogen and oxygen atoms in total. The Morgan fingerprint density at radius 1 is 0.765 bits per heavy atom. The fourth-order valence-corrected chi connectivity index (χ4v) is 3.75. The van der Waals surface area contributed by atoms with Crippen molar-refractivity contribution in [2.75, 3.05) is 0 Å². The maximum Gasteiger partial charge on any atom is 0.322 e. The first-order valence-electron chi connectivity index (χ1n) is 10.3. The number of nitrogens with zero attached hydrogens (tertiary/aromatic N) is 5. The van der Waals surface area contributed by atoms with Gasteiger partial charge < -0.3 is 14.8 Å². The number of hydrogen-bond acceptors (Lipinski definition) is 6. The largest absolute Gasteiger partial charge is 0.480 e.